The van der Waals surface area contributed by atoms with Gasteiger partial charge >= 0.3 is 5.97 Å². The summed E-state index contributed by atoms with van der Waals surface area (Å²) in [5, 5.41) is 0. The Hall–Kier alpha value is -1.43. The van der Waals surface area contributed by atoms with Crippen LogP contribution in [0, 0.1) is 0 Å². The maximum absolute atomic E-state index is 12.4. The molecule has 16 heavy (non-hydrogen) atoms. The summed E-state index contributed by atoms with van der Waals surface area (Å²) in [6, 6.07) is 0.937. The molecule has 0 aliphatic carbocycles. The average molecular weight is 251 g/mol. The molecule has 2 N–H and O–H groups in total. The van der Waals surface area contributed by atoms with Crippen LogP contribution in [0.3, 0.4) is 0 Å². The second kappa shape index (κ2) is 5.07. The molecule has 0 aliphatic rings. The lowest BCUT2D eigenvalue weighted by molar-refractivity contribution is 0.0599. The minimum absolute atomic E-state index is 0.0104. The van der Waals surface area contributed by atoms with Gasteiger partial charge in [-0.1, -0.05) is 0 Å². The Morgan fingerprint density at radius 2 is 2.31 bits per heavy atom. The summed E-state index contributed by atoms with van der Waals surface area (Å²) in [7, 11) is 1.15. The van der Waals surface area contributed by atoms with Gasteiger partial charge in [0.25, 0.3) is 6.43 Å². The van der Waals surface area contributed by atoms with Crippen molar-refractivity contribution in [2.24, 2.45) is 0 Å². The van der Waals surface area contributed by atoms with Crippen LogP contribution in [0.1, 0.15) is 28.2 Å². The normalized spacial score (nSPS) is 10.6. The van der Waals surface area contributed by atoms with Crippen molar-refractivity contribution in [1.29, 1.82) is 0 Å². The number of alkyl halides is 3. The number of aromatic nitrogens is 1. The van der Waals surface area contributed by atoms with Crippen LogP contribution in [0.25, 0.3) is 0 Å². The predicted molar refractivity (Wildman–Crippen MR) is 54.5 cm³/mol. The van der Waals surface area contributed by atoms with E-state index in [1.54, 1.807) is 0 Å². The van der Waals surface area contributed by atoms with Crippen molar-refractivity contribution >= 4 is 23.3 Å². The molecule has 0 atom stereocenters. The molecule has 0 fully saturated rings. The molecule has 0 bridgehead atoms. The van der Waals surface area contributed by atoms with Crippen molar-refractivity contribution in [3.05, 3.63) is 23.0 Å². The van der Waals surface area contributed by atoms with Gasteiger partial charge in [0.1, 0.15) is 11.3 Å². The molecular formula is C9H9ClF2N2O2. The largest absolute Gasteiger partial charge is 0.465 e. The van der Waals surface area contributed by atoms with Crippen LogP contribution in [-0.2, 0) is 10.6 Å². The van der Waals surface area contributed by atoms with Crippen molar-refractivity contribution in [2.45, 2.75) is 12.3 Å². The van der Waals surface area contributed by atoms with E-state index < -0.39 is 18.1 Å². The molecule has 0 aromatic carbocycles. The van der Waals surface area contributed by atoms with E-state index in [4.69, 9.17) is 17.3 Å². The number of hydrogen-bond donors (Lipinski definition) is 1. The maximum atomic E-state index is 12.4. The smallest absolute Gasteiger partial charge is 0.341 e. The minimum atomic E-state index is -2.77. The molecule has 1 rings (SSSR count). The van der Waals surface area contributed by atoms with Gasteiger partial charge in [0.2, 0.25) is 0 Å². The van der Waals surface area contributed by atoms with Crippen LogP contribution in [0.4, 0.5) is 14.5 Å². The minimum Gasteiger partial charge on any atom is -0.465 e. The van der Waals surface area contributed by atoms with Gasteiger partial charge in [-0.2, -0.15) is 0 Å². The summed E-state index contributed by atoms with van der Waals surface area (Å²) in [4.78, 5) is 14.9. The highest BCUT2D eigenvalue weighted by molar-refractivity contribution is 6.17. The Labute approximate surface area is 95.4 Å². The number of ether oxygens (including phenoxy) is 1. The van der Waals surface area contributed by atoms with Gasteiger partial charge in [-0.15, -0.1) is 11.6 Å². The fourth-order valence-electron chi connectivity index (χ4n) is 1.19. The Morgan fingerprint density at radius 1 is 1.69 bits per heavy atom. The molecule has 7 heteroatoms. The predicted octanol–water partition coefficient (Wildman–Crippen LogP) is 2.13. The fraction of sp³-hybridized carbons (Fsp3) is 0.333. The molecular weight excluding hydrogens is 242 g/mol. The first-order chi connectivity index (χ1) is 7.51. The van der Waals surface area contributed by atoms with Crippen molar-refractivity contribution in [2.75, 3.05) is 12.8 Å². The zero-order valence-electron chi connectivity index (χ0n) is 8.34. The highest BCUT2D eigenvalue weighted by Gasteiger charge is 2.20. The van der Waals surface area contributed by atoms with Crippen molar-refractivity contribution < 1.29 is 18.3 Å². The van der Waals surface area contributed by atoms with Gasteiger partial charge in [-0.3, -0.25) is 0 Å². The topological polar surface area (TPSA) is 65.2 Å². The monoisotopic (exact) mass is 250 g/mol. The summed E-state index contributed by atoms with van der Waals surface area (Å²) in [5.41, 5.74) is 4.77. The van der Waals surface area contributed by atoms with E-state index in [1.165, 1.54) is 0 Å². The van der Waals surface area contributed by atoms with Crippen LogP contribution in [0.2, 0.25) is 0 Å². The number of pyridine rings is 1. The Bertz CT molecular complexity index is 413. The number of rotatable bonds is 3. The standard InChI is InChI=1S/C9H9ClF2N2O2/c1-16-9(15)7-4(13)2-5(8(11)12)14-6(7)3-10/h2,8H,3H2,1H3,(H2,13,14). The molecule has 1 aromatic rings. The van der Waals surface area contributed by atoms with E-state index in [0.29, 0.717) is 0 Å². The Balaban J connectivity index is 3.34. The van der Waals surface area contributed by atoms with Crippen LogP contribution in [0.5, 0.6) is 0 Å². The molecule has 1 heterocycles. The number of carbonyl (C=O) groups is 1. The number of nitrogens with two attached hydrogens (primary N) is 1. The molecule has 0 saturated carbocycles. The molecule has 0 unspecified atom stereocenters. The van der Waals surface area contributed by atoms with Gasteiger partial charge in [0.05, 0.1) is 24.4 Å². The fourth-order valence-corrected chi connectivity index (χ4v) is 1.38. The molecule has 0 aliphatic heterocycles. The first kappa shape index (κ1) is 12.6. The quantitative estimate of drug-likeness (QED) is 0.659. The average Bonchev–Trinajstić information content (AvgIpc) is 2.26. The molecule has 88 valence electrons. The number of carbonyl (C=O) groups excluding carboxylic acids is 1. The number of nitrogen functional groups attached to an aromatic ring is 1. The van der Waals surface area contributed by atoms with E-state index in [-0.39, 0.29) is 22.8 Å². The number of esters is 1. The van der Waals surface area contributed by atoms with Gasteiger partial charge in [-0.05, 0) is 6.07 Å². The summed E-state index contributed by atoms with van der Waals surface area (Å²) in [5.74, 6) is -0.948. The number of halogens is 3. The molecule has 0 amide bonds. The summed E-state index contributed by atoms with van der Waals surface area (Å²) in [6.07, 6.45) is -2.77. The highest BCUT2D eigenvalue weighted by atomic mass is 35.5. The lowest BCUT2D eigenvalue weighted by Crippen LogP contribution is -2.12. The third-order valence-electron chi connectivity index (χ3n) is 1.88. The Kier molecular flexibility index (Phi) is 4.00. The van der Waals surface area contributed by atoms with Gasteiger partial charge in [0.15, 0.2) is 0 Å². The zero-order valence-corrected chi connectivity index (χ0v) is 9.09. The summed E-state index contributed by atoms with van der Waals surface area (Å²) < 4.78 is 29.3. The van der Waals surface area contributed by atoms with E-state index in [9.17, 15) is 13.6 Å². The van der Waals surface area contributed by atoms with Crippen LogP contribution in [0.15, 0.2) is 6.07 Å². The molecule has 0 spiro atoms. The molecule has 4 nitrogen and oxygen atoms in total. The molecule has 1 aromatic heterocycles. The van der Waals surface area contributed by atoms with Crippen LogP contribution >= 0.6 is 11.6 Å². The summed E-state index contributed by atoms with van der Waals surface area (Å²) in [6.45, 7) is 0. The Morgan fingerprint density at radius 3 is 2.75 bits per heavy atom. The van der Waals surface area contributed by atoms with Crippen molar-refractivity contribution in [3.8, 4) is 0 Å². The lowest BCUT2D eigenvalue weighted by atomic mass is 10.1. The second-order valence-electron chi connectivity index (χ2n) is 2.88. The van der Waals surface area contributed by atoms with E-state index in [0.717, 1.165) is 13.2 Å². The van der Waals surface area contributed by atoms with Gasteiger partial charge < -0.3 is 10.5 Å². The highest BCUT2D eigenvalue weighted by Crippen LogP contribution is 2.25. The number of anilines is 1. The van der Waals surface area contributed by atoms with Crippen LogP contribution < -0.4 is 5.73 Å². The first-order valence-electron chi connectivity index (χ1n) is 4.23. The van der Waals surface area contributed by atoms with Crippen molar-refractivity contribution in [3.63, 3.8) is 0 Å². The van der Waals surface area contributed by atoms with E-state index in [2.05, 4.69) is 9.72 Å². The molecule has 0 saturated heterocycles. The lowest BCUT2D eigenvalue weighted by Gasteiger charge is -2.10. The van der Waals surface area contributed by atoms with E-state index in [1.807, 2.05) is 0 Å². The zero-order chi connectivity index (χ0) is 12.3. The first-order valence-corrected chi connectivity index (χ1v) is 4.76. The second-order valence-corrected chi connectivity index (χ2v) is 3.15. The van der Waals surface area contributed by atoms with Gasteiger partial charge in [0, 0.05) is 0 Å². The third kappa shape index (κ3) is 2.38. The van der Waals surface area contributed by atoms with Crippen LogP contribution in [-0.4, -0.2) is 18.1 Å². The number of nitrogens with zero attached hydrogens (tertiary/aromatic N) is 1. The van der Waals surface area contributed by atoms with Gasteiger partial charge in [-0.25, -0.2) is 18.6 Å². The number of hydrogen-bond acceptors (Lipinski definition) is 4. The molecule has 0 radical (unpaired) electrons. The van der Waals surface area contributed by atoms with E-state index >= 15 is 0 Å². The summed E-state index contributed by atoms with van der Waals surface area (Å²) >= 11 is 5.51. The SMILES string of the molecule is COC(=O)c1c(N)cc(C(F)F)nc1CCl. The van der Waals surface area contributed by atoms with Crippen molar-refractivity contribution in [1.82, 2.24) is 4.98 Å². The number of methoxy groups -OCH3 is 1. The third-order valence-corrected chi connectivity index (χ3v) is 2.14. The maximum Gasteiger partial charge on any atom is 0.341 e.